The predicted molar refractivity (Wildman–Crippen MR) is 142 cm³/mol. The summed E-state index contributed by atoms with van der Waals surface area (Å²) < 4.78 is 64.5. The molecule has 2 aromatic heterocycles. The molecule has 2 aliphatic rings. The summed E-state index contributed by atoms with van der Waals surface area (Å²) in [5.41, 5.74) is 1.64. The number of rotatable bonds is 6. The minimum absolute atomic E-state index is 0.0568. The molecule has 0 bridgehead atoms. The molecule has 1 amide bonds. The maximum absolute atomic E-state index is 13.2. The van der Waals surface area contributed by atoms with Crippen LogP contribution in [-0.2, 0) is 29.3 Å². The van der Waals surface area contributed by atoms with E-state index in [1.807, 2.05) is 6.92 Å². The minimum atomic E-state index is -4.44. The van der Waals surface area contributed by atoms with Crippen molar-refractivity contribution in [3.8, 4) is 0 Å². The Morgan fingerprint density at radius 1 is 1.12 bits per heavy atom. The molecule has 1 saturated heterocycles. The van der Waals surface area contributed by atoms with Gasteiger partial charge >= 0.3 is 6.18 Å². The van der Waals surface area contributed by atoms with E-state index in [0.29, 0.717) is 25.2 Å². The average molecular weight is 576 g/mol. The molecule has 4 heterocycles. The molecule has 10 nitrogen and oxygen atoms in total. The lowest BCUT2D eigenvalue weighted by molar-refractivity contribution is -0.137. The molecule has 5 rings (SSSR count). The van der Waals surface area contributed by atoms with Crippen molar-refractivity contribution < 1.29 is 26.4 Å². The summed E-state index contributed by atoms with van der Waals surface area (Å²) in [5, 5.41) is 2.87. The lowest BCUT2D eigenvalue weighted by Gasteiger charge is -2.41. The molecule has 0 radical (unpaired) electrons. The number of pyridine rings is 1. The fourth-order valence-electron chi connectivity index (χ4n) is 5.15. The van der Waals surface area contributed by atoms with Crippen molar-refractivity contribution >= 4 is 33.4 Å². The molecule has 3 aromatic rings. The van der Waals surface area contributed by atoms with Crippen molar-refractivity contribution in [3.05, 3.63) is 71.2 Å². The van der Waals surface area contributed by atoms with Gasteiger partial charge < -0.3 is 10.2 Å². The SMILES string of the molecule is C[C@@H]1C[C@H](N2Cc3cnc(Nc4cccc(C(F)(F)F)c4)nc3C2)CCN1C(=O)c1ccnc(NS(C)(=O)=O)c1. The number of fused-ring (bicyclic) bond motifs is 1. The van der Waals surface area contributed by atoms with E-state index >= 15 is 0 Å². The third-order valence-corrected chi connectivity index (χ3v) is 7.63. The Morgan fingerprint density at radius 2 is 1.93 bits per heavy atom. The van der Waals surface area contributed by atoms with Gasteiger partial charge in [-0.3, -0.25) is 14.4 Å². The van der Waals surface area contributed by atoms with Gasteiger partial charge in [0.15, 0.2) is 0 Å². The highest BCUT2D eigenvalue weighted by molar-refractivity contribution is 7.92. The Balaban J connectivity index is 1.21. The van der Waals surface area contributed by atoms with Crippen molar-refractivity contribution in [1.29, 1.82) is 0 Å². The van der Waals surface area contributed by atoms with E-state index in [9.17, 15) is 26.4 Å². The van der Waals surface area contributed by atoms with Crippen LogP contribution in [0.4, 0.5) is 30.6 Å². The van der Waals surface area contributed by atoms with Gasteiger partial charge in [-0.15, -0.1) is 0 Å². The number of aromatic nitrogens is 3. The van der Waals surface area contributed by atoms with Crippen molar-refractivity contribution in [2.75, 3.05) is 22.8 Å². The van der Waals surface area contributed by atoms with Crippen LogP contribution >= 0.6 is 0 Å². The highest BCUT2D eigenvalue weighted by Crippen LogP contribution is 2.33. The molecule has 2 aliphatic heterocycles. The quantitative estimate of drug-likeness (QED) is 0.453. The number of nitrogens with one attached hydrogen (secondary N) is 2. The molecule has 0 unspecified atom stereocenters. The van der Waals surface area contributed by atoms with Gasteiger partial charge in [-0.05, 0) is 50.1 Å². The summed E-state index contributed by atoms with van der Waals surface area (Å²) in [6.07, 6.45) is 1.16. The zero-order valence-electron chi connectivity index (χ0n) is 21.8. The smallest absolute Gasteiger partial charge is 0.336 e. The number of nitrogens with zero attached hydrogens (tertiary/aromatic N) is 5. The number of benzene rings is 1. The summed E-state index contributed by atoms with van der Waals surface area (Å²) >= 11 is 0. The van der Waals surface area contributed by atoms with Crippen LogP contribution in [0.15, 0.2) is 48.8 Å². The summed E-state index contributed by atoms with van der Waals surface area (Å²) in [6.45, 7) is 3.74. The Kier molecular flexibility index (Phi) is 7.40. The summed E-state index contributed by atoms with van der Waals surface area (Å²) in [4.78, 5) is 30.1. The van der Waals surface area contributed by atoms with E-state index in [1.165, 1.54) is 24.4 Å². The van der Waals surface area contributed by atoms with Gasteiger partial charge in [0.25, 0.3) is 5.91 Å². The molecular formula is C26H28F3N7O3S. The number of piperidine rings is 1. The number of halogens is 3. The first kappa shape index (κ1) is 27.8. The maximum atomic E-state index is 13.2. The number of alkyl halides is 3. The van der Waals surface area contributed by atoms with Gasteiger partial charge in [0, 0.05) is 60.9 Å². The third-order valence-electron chi connectivity index (χ3n) is 7.05. The fraction of sp³-hybridized carbons (Fsp3) is 0.385. The molecule has 1 aromatic carbocycles. The van der Waals surface area contributed by atoms with Gasteiger partial charge in [-0.1, -0.05) is 6.07 Å². The molecule has 212 valence electrons. The molecular weight excluding hydrogens is 547 g/mol. The first-order chi connectivity index (χ1) is 18.9. The van der Waals surface area contributed by atoms with E-state index in [0.717, 1.165) is 42.5 Å². The second-order valence-corrected chi connectivity index (χ2v) is 11.9. The van der Waals surface area contributed by atoms with Crippen LogP contribution in [0, 0.1) is 0 Å². The predicted octanol–water partition coefficient (Wildman–Crippen LogP) is 4.01. The first-order valence-electron chi connectivity index (χ1n) is 12.6. The largest absolute Gasteiger partial charge is 0.416 e. The van der Waals surface area contributed by atoms with E-state index in [2.05, 4.69) is 29.9 Å². The summed E-state index contributed by atoms with van der Waals surface area (Å²) in [6, 6.07) is 8.04. The van der Waals surface area contributed by atoms with Crippen LogP contribution in [0.5, 0.6) is 0 Å². The van der Waals surface area contributed by atoms with Crippen molar-refractivity contribution in [2.24, 2.45) is 0 Å². The number of sulfonamides is 1. The van der Waals surface area contributed by atoms with E-state index < -0.39 is 21.8 Å². The Bertz CT molecular complexity index is 1530. The molecule has 40 heavy (non-hydrogen) atoms. The van der Waals surface area contributed by atoms with Gasteiger partial charge in [-0.25, -0.2) is 23.4 Å². The van der Waals surface area contributed by atoms with E-state index in [-0.39, 0.29) is 35.4 Å². The standard InChI is InChI=1S/C26H28F3N7O3S/c1-16-10-21(7-9-36(16)24(37)17-6-8-30-23(11-17)34-40(2,38)39)35-14-18-13-31-25(33-22(18)15-35)32-20-5-3-4-19(12-20)26(27,28)29/h3-6,8,11-13,16,21H,7,9-10,14-15H2,1-2H3,(H,30,34)(H,31,32,33)/t16-,21-/m1/s1. The molecule has 0 saturated carbocycles. The molecule has 0 spiro atoms. The Hall–Kier alpha value is -3.78. The van der Waals surface area contributed by atoms with E-state index in [1.54, 1.807) is 17.2 Å². The van der Waals surface area contributed by atoms with Crippen LogP contribution < -0.4 is 10.0 Å². The highest BCUT2D eigenvalue weighted by atomic mass is 32.2. The molecule has 14 heteroatoms. The van der Waals surface area contributed by atoms with Crippen molar-refractivity contribution in [1.82, 2.24) is 24.8 Å². The second-order valence-electron chi connectivity index (χ2n) is 10.1. The van der Waals surface area contributed by atoms with Crippen LogP contribution in [0.1, 0.15) is 46.9 Å². The van der Waals surface area contributed by atoms with E-state index in [4.69, 9.17) is 0 Å². The average Bonchev–Trinajstić information content (AvgIpc) is 3.31. The fourth-order valence-corrected chi connectivity index (χ4v) is 5.65. The van der Waals surface area contributed by atoms with Gasteiger partial charge in [0.05, 0.1) is 17.5 Å². The number of hydrogen-bond acceptors (Lipinski definition) is 8. The molecule has 0 aliphatic carbocycles. The monoisotopic (exact) mass is 575 g/mol. The topological polar surface area (TPSA) is 120 Å². The van der Waals surface area contributed by atoms with Gasteiger partial charge in [0.1, 0.15) is 5.82 Å². The lowest BCUT2D eigenvalue weighted by atomic mass is 9.96. The number of hydrogen-bond donors (Lipinski definition) is 2. The third kappa shape index (κ3) is 6.33. The summed E-state index contributed by atoms with van der Waals surface area (Å²) in [5.74, 6) is 0.135. The van der Waals surface area contributed by atoms with Crippen molar-refractivity contribution in [2.45, 2.75) is 51.1 Å². The van der Waals surface area contributed by atoms with Gasteiger partial charge in [0.2, 0.25) is 16.0 Å². The lowest BCUT2D eigenvalue weighted by Crippen LogP contribution is -2.50. The molecule has 2 N–H and O–H groups in total. The number of carbonyl (C=O) groups excluding carboxylic acids is 1. The second kappa shape index (κ2) is 10.7. The summed E-state index contributed by atoms with van der Waals surface area (Å²) in [7, 11) is -3.52. The normalized spacial score (nSPS) is 19.8. The minimum Gasteiger partial charge on any atom is -0.336 e. The number of anilines is 3. The van der Waals surface area contributed by atoms with Gasteiger partial charge in [-0.2, -0.15) is 13.2 Å². The first-order valence-corrected chi connectivity index (χ1v) is 14.5. The van der Waals surface area contributed by atoms with Crippen LogP contribution in [0.25, 0.3) is 0 Å². The zero-order chi connectivity index (χ0) is 28.7. The molecule has 2 atom stereocenters. The Morgan fingerprint density at radius 3 is 2.65 bits per heavy atom. The number of carbonyl (C=O) groups is 1. The van der Waals surface area contributed by atoms with Crippen LogP contribution in [0.3, 0.4) is 0 Å². The van der Waals surface area contributed by atoms with Crippen LogP contribution in [-0.4, -0.2) is 64.0 Å². The number of likely N-dealkylation sites (tertiary alicyclic amines) is 1. The van der Waals surface area contributed by atoms with Crippen molar-refractivity contribution in [3.63, 3.8) is 0 Å². The van der Waals surface area contributed by atoms with Crippen LogP contribution in [0.2, 0.25) is 0 Å². The zero-order valence-corrected chi connectivity index (χ0v) is 22.6. The maximum Gasteiger partial charge on any atom is 0.416 e. The number of amides is 1. The highest BCUT2D eigenvalue weighted by Gasteiger charge is 2.35. The Labute approximate surface area is 229 Å². The molecule has 1 fully saturated rings.